The van der Waals surface area contributed by atoms with E-state index in [0.29, 0.717) is 0 Å². The van der Waals surface area contributed by atoms with Crippen molar-refractivity contribution < 1.29 is 0 Å². The molecule has 0 aromatic rings. The third kappa shape index (κ3) is 2.49. The lowest BCUT2D eigenvalue weighted by molar-refractivity contribution is 1.13. The number of hydrogen-bond acceptors (Lipinski definition) is 0. The smallest absolute Gasteiger partial charge is 0.0302 e. The molecule has 0 heteroatoms. The molecular weight excluding hydrogens is 120 g/mol. The molecule has 0 rings (SSSR count). The van der Waals surface area contributed by atoms with Crippen LogP contribution in [0.4, 0.5) is 0 Å². The molecule has 0 aliphatic carbocycles. The van der Waals surface area contributed by atoms with E-state index in [4.69, 9.17) is 0 Å². The molecule has 0 unspecified atom stereocenters. The van der Waals surface area contributed by atoms with Crippen LogP contribution in [-0.4, -0.2) is 0 Å². The molecular formula is C10H14. The first-order valence-electron chi connectivity index (χ1n) is 3.39. The highest BCUT2D eigenvalue weighted by molar-refractivity contribution is 5.37. The van der Waals surface area contributed by atoms with Crippen LogP contribution in [0, 0.1) is 0 Å². The largest absolute Gasteiger partial charge is 0.0991 e. The Balaban J connectivity index is 4.34. The summed E-state index contributed by atoms with van der Waals surface area (Å²) >= 11 is 0. The Kier molecular flexibility index (Phi) is 4.30. The second-order valence-corrected chi connectivity index (χ2v) is 2.01. The predicted octanol–water partition coefficient (Wildman–Crippen LogP) is 3.25. The van der Waals surface area contributed by atoms with Crippen LogP contribution in [0.25, 0.3) is 0 Å². The fraction of sp³-hybridized carbons (Fsp3) is 0.200. The average molecular weight is 134 g/mol. The van der Waals surface area contributed by atoms with Gasteiger partial charge in [0.1, 0.15) is 0 Å². The molecule has 0 saturated heterocycles. The lowest BCUT2D eigenvalue weighted by Gasteiger charge is -2.00. The van der Waals surface area contributed by atoms with E-state index in [0.717, 1.165) is 12.0 Å². The highest BCUT2D eigenvalue weighted by Crippen LogP contribution is 2.11. The summed E-state index contributed by atoms with van der Waals surface area (Å²) in [5.74, 6) is 0. The van der Waals surface area contributed by atoms with E-state index in [1.165, 1.54) is 5.57 Å². The molecule has 0 atom stereocenters. The molecule has 54 valence electrons. The molecule has 0 aliphatic heterocycles. The minimum absolute atomic E-state index is 0.983. The van der Waals surface area contributed by atoms with Gasteiger partial charge in [-0.05, 0) is 17.6 Å². The van der Waals surface area contributed by atoms with Crippen LogP contribution in [0.2, 0.25) is 0 Å². The number of rotatable bonds is 4. The third-order valence-electron chi connectivity index (χ3n) is 1.36. The minimum Gasteiger partial charge on any atom is -0.0991 e. The highest BCUT2D eigenvalue weighted by Gasteiger charge is 1.92. The first-order valence-corrected chi connectivity index (χ1v) is 3.39. The van der Waals surface area contributed by atoms with Gasteiger partial charge in [0.2, 0.25) is 0 Å². The van der Waals surface area contributed by atoms with E-state index in [9.17, 15) is 0 Å². The first-order chi connectivity index (χ1) is 4.76. The number of allylic oxidation sites excluding steroid dienone is 5. The van der Waals surface area contributed by atoms with Crippen LogP contribution in [0.3, 0.4) is 0 Å². The van der Waals surface area contributed by atoms with Crippen molar-refractivity contribution in [2.24, 2.45) is 0 Å². The van der Waals surface area contributed by atoms with Crippen molar-refractivity contribution in [2.45, 2.75) is 13.3 Å². The Hall–Kier alpha value is -1.04. The normalized spacial score (nSPS) is 10.7. The zero-order valence-corrected chi connectivity index (χ0v) is 6.56. The van der Waals surface area contributed by atoms with E-state index in [1.54, 1.807) is 12.2 Å². The topological polar surface area (TPSA) is 0 Å². The van der Waals surface area contributed by atoms with Gasteiger partial charge in [0.05, 0.1) is 0 Å². The average Bonchev–Trinajstić information content (AvgIpc) is 1.99. The van der Waals surface area contributed by atoms with Crippen LogP contribution in [-0.2, 0) is 0 Å². The van der Waals surface area contributed by atoms with Gasteiger partial charge in [-0.2, -0.15) is 0 Å². The van der Waals surface area contributed by atoms with Gasteiger partial charge in [-0.25, -0.2) is 0 Å². The summed E-state index contributed by atoms with van der Waals surface area (Å²) in [5, 5.41) is 0. The molecule has 0 saturated carbocycles. The second kappa shape index (κ2) is 4.80. The summed E-state index contributed by atoms with van der Waals surface area (Å²) in [7, 11) is 0. The van der Waals surface area contributed by atoms with Crippen LogP contribution in [0.5, 0.6) is 0 Å². The quantitative estimate of drug-likeness (QED) is 0.518. The standard InChI is InChI=1S/C10H14/c1-5-8-10(7-3)9(4)6-2/h5-6,8H,1-2,4,7H2,3H3/b10-8-. The van der Waals surface area contributed by atoms with Gasteiger partial charge < -0.3 is 0 Å². The zero-order chi connectivity index (χ0) is 7.98. The van der Waals surface area contributed by atoms with Crippen molar-refractivity contribution in [3.05, 3.63) is 49.1 Å². The van der Waals surface area contributed by atoms with Crippen molar-refractivity contribution in [1.82, 2.24) is 0 Å². The first kappa shape index (κ1) is 8.96. The molecule has 0 amide bonds. The zero-order valence-electron chi connectivity index (χ0n) is 6.56. The maximum Gasteiger partial charge on any atom is -0.0302 e. The fourth-order valence-electron chi connectivity index (χ4n) is 0.725. The minimum atomic E-state index is 0.983. The Labute approximate surface area is 63.3 Å². The Morgan fingerprint density at radius 1 is 1.40 bits per heavy atom. The van der Waals surface area contributed by atoms with Crippen molar-refractivity contribution >= 4 is 0 Å². The summed E-state index contributed by atoms with van der Waals surface area (Å²) in [6.45, 7) is 13.2. The van der Waals surface area contributed by atoms with Gasteiger partial charge in [-0.1, -0.05) is 44.9 Å². The van der Waals surface area contributed by atoms with Crippen LogP contribution in [0.15, 0.2) is 49.1 Å². The Morgan fingerprint density at radius 2 is 2.00 bits per heavy atom. The molecule has 0 fully saturated rings. The second-order valence-electron chi connectivity index (χ2n) is 2.01. The van der Waals surface area contributed by atoms with Crippen molar-refractivity contribution in [3.63, 3.8) is 0 Å². The third-order valence-corrected chi connectivity index (χ3v) is 1.36. The van der Waals surface area contributed by atoms with Crippen molar-refractivity contribution in [2.75, 3.05) is 0 Å². The summed E-state index contributed by atoms with van der Waals surface area (Å²) in [6, 6.07) is 0. The summed E-state index contributed by atoms with van der Waals surface area (Å²) in [5.41, 5.74) is 2.19. The summed E-state index contributed by atoms with van der Waals surface area (Å²) in [6.07, 6.45) is 6.48. The van der Waals surface area contributed by atoms with Crippen molar-refractivity contribution in [1.29, 1.82) is 0 Å². The molecule has 0 aromatic carbocycles. The van der Waals surface area contributed by atoms with Gasteiger partial charge in [-0.15, -0.1) is 0 Å². The molecule has 0 spiro atoms. The lowest BCUT2D eigenvalue weighted by atomic mass is 10.1. The highest BCUT2D eigenvalue weighted by atomic mass is 14.0. The van der Waals surface area contributed by atoms with Gasteiger partial charge in [-0.3, -0.25) is 0 Å². The monoisotopic (exact) mass is 134 g/mol. The predicted molar refractivity (Wildman–Crippen MR) is 47.9 cm³/mol. The van der Waals surface area contributed by atoms with Gasteiger partial charge in [0.25, 0.3) is 0 Å². The summed E-state index contributed by atoms with van der Waals surface area (Å²) in [4.78, 5) is 0. The Morgan fingerprint density at radius 3 is 2.30 bits per heavy atom. The molecule has 0 bridgehead atoms. The Bertz CT molecular complexity index is 170. The van der Waals surface area contributed by atoms with Crippen molar-refractivity contribution in [3.8, 4) is 0 Å². The molecule has 10 heavy (non-hydrogen) atoms. The van der Waals surface area contributed by atoms with Gasteiger partial charge in [0.15, 0.2) is 0 Å². The van der Waals surface area contributed by atoms with E-state index in [-0.39, 0.29) is 0 Å². The molecule has 0 nitrogen and oxygen atoms in total. The van der Waals surface area contributed by atoms with E-state index in [2.05, 4.69) is 26.7 Å². The maximum absolute atomic E-state index is 3.83. The molecule has 0 heterocycles. The van der Waals surface area contributed by atoms with Gasteiger partial charge in [0, 0.05) is 0 Å². The maximum atomic E-state index is 3.83. The molecule has 0 aromatic heterocycles. The van der Waals surface area contributed by atoms with Crippen LogP contribution in [0.1, 0.15) is 13.3 Å². The van der Waals surface area contributed by atoms with E-state index < -0.39 is 0 Å². The lowest BCUT2D eigenvalue weighted by Crippen LogP contribution is -1.80. The van der Waals surface area contributed by atoms with Crippen LogP contribution >= 0.6 is 0 Å². The molecule has 0 radical (unpaired) electrons. The van der Waals surface area contributed by atoms with Gasteiger partial charge >= 0.3 is 0 Å². The summed E-state index contributed by atoms with van der Waals surface area (Å²) < 4.78 is 0. The SMILES string of the molecule is C=C/C=C(/CC)C(=C)C=C. The fourth-order valence-corrected chi connectivity index (χ4v) is 0.725. The number of hydrogen-bond donors (Lipinski definition) is 0. The molecule has 0 aliphatic rings. The van der Waals surface area contributed by atoms with E-state index >= 15 is 0 Å². The van der Waals surface area contributed by atoms with E-state index in [1.807, 2.05) is 6.08 Å². The molecule has 0 N–H and O–H groups in total. The van der Waals surface area contributed by atoms with Crippen LogP contribution < -0.4 is 0 Å².